The summed E-state index contributed by atoms with van der Waals surface area (Å²) in [5.74, 6) is 1.33. The first-order chi connectivity index (χ1) is 14.0. The highest BCUT2D eigenvalue weighted by Crippen LogP contribution is 2.31. The van der Waals surface area contributed by atoms with Crippen LogP contribution in [-0.2, 0) is 0 Å². The Balaban J connectivity index is 1.63. The third kappa shape index (κ3) is 6.65. The molecule has 0 aliphatic heterocycles. The Morgan fingerprint density at radius 2 is 1.41 bits per heavy atom. The summed E-state index contributed by atoms with van der Waals surface area (Å²) in [6.07, 6.45) is 6.80. The van der Waals surface area contributed by atoms with Crippen LogP contribution in [0.5, 0.6) is 0 Å². The Kier molecular flexibility index (Phi) is 7.40. The van der Waals surface area contributed by atoms with E-state index in [2.05, 4.69) is 24.5 Å². The van der Waals surface area contributed by atoms with Crippen molar-refractivity contribution in [2.24, 2.45) is 11.8 Å². The first-order valence-electron chi connectivity index (χ1n) is 11.2. The minimum Gasteiger partial charge on any atom is -0.324 e. The van der Waals surface area contributed by atoms with Crippen molar-refractivity contribution in [2.45, 2.75) is 59.3 Å². The van der Waals surface area contributed by atoms with Gasteiger partial charge in [0.1, 0.15) is 0 Å². The van der Waals surface area contributed by atoms with Gasteiger partial charge in [-0.1, -0.05) is 19.9 Å². The minimum absolute atomic E-state index is 0.0494. The number of carbonyl (C=O) groups excluding carboxylic acids is 2. The van der Waals surface area contributed by atoms with Crippen LogP contribution in [0.3, 0.4) is 0 Å². The molecule has 160 valence electrons. The average molecular weight is 401 g/mol. The Bertz CT molecular complexity index is 713. The lowest BCUT2D eigenvalue weighted by Gasteiger charge is -2.24. The zero-order chi connectivity index (χ0) is 20.8. The Hall–Kier alpha value is -2.24. The fraction of sp³-hybridized carbons (Fsp3) is 0.652. The van der Waals surface area contributed by atoms with Gasteiger partial charge in [0.2, 0.25) is 0 Å². The van der Waals surface area contributed by atoms with E-state index in [9.17, 15) is 9.59 Å². The normalized spacial score (nSPS) is 15.7. The van der Waals surface area contributed by atoms with E-state index < -0.39 is 0 Å². The van der Waals surface area contributed by atoms with Crippen molar-refractivity contribution < 1.29 is 9.59 Å². The fourth-order valence-electron chi connectivity index (χ4n) is 3.55. The number of amides is 4. The van der Waals surface area contributed by atoms with Crippen molar-refractivity contribution in [1.82, 2.24) is 9.80 Å². The van der Waals surface area contributed by atoms with Gasteiger partial charge in [0, 0.05) is 37.6 Å². The van der Waals surface area contributed by atoms with E-state index in [1.54, 1.807) is 0 Å². The van der Waals surface area contributed by atoms with Crippen LogP contribution in [0, 0.1) is 18.8 Å². The number of nitrogens with zero attached hydrogens (tertiary/aromatic N) is 2. The van der Waals surface area contributed by atoms with Gasteiger partial charge in [-0.25, -0.2) is 9.59 Å². The Morgan fingerprint density at radius 1 is 0.897 bits per heavy atom. The molecule has 29 heavy (non-hydrogen) atoms. The molecule has 6 nitrogen and oxygen atoms in total. The van der Waals surface area contributed by atoms with Crippen LogP contribution in [0.2, 0.25) is 0 Å². The van der Waals surface area contributed by atoms with Crippen molar-refractivity contribution in [3.05, 3.63) is 23.8 Å². The minimum atomic E-state index is -0.0544. The molecule has 2 aliphatic rings. The van der Waals surface area contributed by atoms with Gasteiger partial charge in [-0.05, 0) is 75.0 Å². The maximum atomic E-state index is 12.8. The van der Waals surface area contributed by atoms with Gasteiger partial charge in [-0.15, -0.1) is 0 Å². The van der Waals surface area contributed by atoms with Crippen molar-refractivity contribution in [2.75, 3.05) is 36.8 Å². The van der Waals surface area contributed by atoms with Crippen molar-refractivity contribution in [1.29, 1.82) is 0 Å². The molecule has 0 bridgehead atoms. The molecule has 1 aromatic rings. The first kappa shape index (κ1) is 21.5. The smallest absolute Gasteiger partial charge is 0.321 e. The molecule has 0 aromatic heterocycles. The molecular weight excluding hydrogens is 364 g/mol. The van der Waals surface area contributed by atoms with Gasteiger partial charge in [0.25, 0.3) is 0 Å². The van der Waals surface area contributed by atoms with E-state index >= 15 is 0 Å². The van der Waals surface area contributed by atoms with Gasteiger partial charge in [-0.2, -0.15) is 0 Å². The van der Waals surface area contributed by atoms with Gasteiger partial charge >= 0.3 is 12.1 Å². The molecule has 2 saturated carbocycles. The second-order valence-corrected chi connectivity index (χ2v) is 8.67. The van der Waals surface area contributed by atoms with Crippen LogP contribution in [0.25, 0.3) is 0 Å². The number of hydrogen-bond donors (Lipinski definition) is 2. The van der Waals surface area contributed by atoms with E-state index in [-0.39, 0.29) is 12.1 Å². The average Bonchev–Trinajstić information content (AvgIpc) is 3.59. The zero-order valence-corrected chi connectivity index (χ0v) is 18.2. The Labute approximate surface area is 175 Å². The van der Waals surface area contributed by atoms with Crippen LogP contribution in [0.1, 0.15) is 57.9 Å². The second-order valence-electron chi connectivity index (χ2n) is 8.67. The highest BCUT2D eigenvalue weighted by Gasteiger charge is 2.27. The number of aryl methyl sites for hydroxylation is 1. The lowest BCUT2D eigenvalue weighted by Crippen LogP contribution is -2.37. The standard InChI is InChI=1S/C23H36N4O2/c1-4-12-26(15-18-7-8-18)22(28)24-20-11-6-17(3)21(14-20)25-23(29)27(13-5-2)16-19-9-10-19/h6,11,14,18-19H,4-5,7-10,12-13,15-16H2,1-3H3,(H,24,28)(H,25,29). The van der Waals surface area contributed by atoms with Gasteiger partial charge in [-0.3, -0.25) is 0 Å². The summed E-state index contributed by atoms with van der Waals surface area (Å²) >= 11 is 0. The maximum absolute atomic E-state index is 12.8. The number of carbonyl (C=O) groups is 2. The molecule has 2 N–H and O–H groups in total. The summed E-state index contributed by atoms with van der Waals surface area (Å²) in [6.45, 7) is 9.37. The largest absolute Gasteiger partial charge is 0.324 e. The highest BCUT2D eigenvalue weighted by molar-refractivity contribution is 5.93. The monoisotopic (exact) mass is 400 g/mol. The maximum Gasteiger partial charge on any atom is 0.321 e. The summed E-state index contributed by atoms with van der Waals surface area (Å²) in [5, 5.41) is 6.08. The fourth-order valence-corrected chi connectivity index (χ4v) is 3.55. The molecule has 6 heteroatoms. The molecule has 0 unspecified atom stereocenters. The lowest BCUT2D eigenvalue weighted by molar-refractivity contribution is 0.208. The topological polar surface area (TPSA) is 64.7 Å². The van der Waals surface area contributed by atoms with E-state index in [1.165, 1.54) is 25.7 Å². The molecular formula is C23H36N4O2. The number of rotatable bonds is 10. The number of benzene rings is 1. The highest BCUT2D eigenvalue weighted by atomic mass is 16.2. The lowest BCUT2D eigenvalue weighted by atomic mass is 10.2. The molecule has 1 aromatic carbocycles. The summed E-state index contributed by atoms with van der Waals surface area (Å²) < 4.78 is 0. The predicted molar refractivity (Wildman–Crippen MR) is 118 cm³/mol. The molecule has 0 radical (unpaired) electrons. The van der Waals surface area contributed by atoms with Crippen LogP contribution in [0.4, 0.5) is 21.0 Å². The van der Waals surface area contributed by atoms with Crippen LogP contribution >= 0.6 is 0 Å². The van der Waals surface area contributed by atoms with Gasteiger partial charge < -0.3 is 20.4 Å². The Morgan fingerprint density at radius 3 is 1.90 bits per heavy atom. The molecule has 2 aliphatic carbocycles. The third-order valence-electron chi connectivity index (χ3n) is 5.64. The molecule has 0 heterocycles. The number of urea groups is 2. The molecule has 0 saturated heterocycles. The van der Waals surface area contributed by atoms with Crippen molar-refractivity contribution in [3.8, 4) is 0 Å². The summed E-state index contributed by atoms with van der Waals surface area (Å²) in [4.78, 5) is 29.3. The SMILES string of the molecule is CCCN(CC1CC1)C(=O)Nc1ccc(C)c(NC(=O)N(CCC)CC2CC2)c1. The third-order valence-corrected chi connectivity index (χ3v) is 5.64. The first-order valence-corrected chi connectivity index (χ1v) is 11.2. The zero-order valence-electron chi connectivity index (χ0n) is 18.2. The molecule has 0 spiro atoms. The van der Waals surface area contributed by atoms with Gasteiger partial charge in [0.15, 0.2) is 0 Å². The van der Waals surface area contributed by atoms with Crippen LogP contribution in [0.15, 0.2) is 18.2 Å². The number of nitrogens with one attached hydrogen (secondary N) is 2. The molecule has 3 rings (SSSR count). The summed E-state index contributed by atoms with van der Waals surface area (Å²) in [6, 6.07) is 5.61. The predicted octanol–water partition coefficient (Wildman–Crippen LogP) is 5.30. The van der Waals surface area contributed by atoms with E-state index in [0.717, 1.165) is 56.0 Å². The summed E-state index contributed by atoms with van der Waals surface area (Å²) in [7, 11) is 0. The summed E-state index contributed by atoms with van der Waals surface area (Å²) in [5.41, 5.74) is 2.47. The number of hydrogen-bond acceptors (Lipinski definition) is 2. The molecule has 0 atom stereocenters. The van der Waals surface area contributed by atoms with Gasteiger partial charge in [0.05, 0.1) is 0 Å². The van der Waals surface area contributed by atoms with E-state index in [0.29, 0.717) is 11.8 Å². The molecule has 2 fully saturated rings. The molecule has 4 amide bonds. The second kappa shape index (κ2) is 9.99. The van der Waals surface area contributed by atoms with Crippen LogP contribution in [-0.4, -0.2) is 48.0 Å². The van der Waals surface area contributed by atoms with E-state index in [4.69, 9.17) is 0 Å². The van der Waals surface area contributed by atoms with Crippen molar-refractivity contribution in [3.63, 3.8) is 0 Å². The number of anilines is 2. The van der Waals surface area contributed by atoms with Crippen LogP contribution < -0.4 is 10.6 Å². The quantitative estimate of drug-likeness (QED) is 0.559. The van der Waals surface area contributed by atoms with Crippen molar-refractivity contribution >= 4 is 23.4 Å². The van der Waals surface area contributed by atoms with E-state index in [1.807, 2.05) is 34.9 Å².